The summed E-state index contributed by atoms with van der Waals surface area (Å²) < 4.78 is 0. The molecule has 10 heteroatoms. The molecule has 8 nitrogen and oxygen atoms in total. The molecule has 0 radical (unpaired) electrons. The third-order valence-electron chi connectivity index (χ3n) is 5.31. The van der Waals surface area contributed by atoms with Crippen LogP contribution in [0, 0.1) is 35.3 Å². The lowest BCUT2D eigenvalue weighted by atomic mass is 10.1. The Morgan fingerprint density at radius 1 is 1.22 bits per heavy atom. The number of benzene rings is 2. The van der Waals surface area contributed by atoms with Crippen molar-refractivity contribution >= 4 is 47.0 Å². The lowest BCUT2D eigenvalue weighted by Crippen LogP contribution is -2.44. The molecule has 0 spiro atoms. The molecule has 0 unspecified atom stereocenters. The number of carbonyl (C=O) groups excluding carboxylic acids is 1. The van der Waals surface area contributed by atoms with Crippen LogP contribution >= 0.6 is 24.0 Å². The number of carbonyl (C=O) groups is 1. The molecule has 0 atom stereocenters. The number of hydrogen-bond acceptors (Lipinski definition) is 6. The highest BCUT2D eigenvalue weighted by Crippen LogP contribution is 2.28. The van der Waals surface area contributed by atoms with E-state index in [1.165, 1.54) is 28.9 Å². The van der Waals surface area contributed by atoms with Crippen molar-refractivity contribution in [1.82, 2.24) is 4.90 Å². The SMILES string of the molecule is Cc1cccc(N2CCN(/C=C(/C#N)C(=O)Nc3ccc(Cl)c([N+](=O)[O-])c3)CC2)c1C.Cl. The number of piperazine rings is 1. The number of rotatable bonds is 5. The van der Waals surface area contributed by atoms with Crippen LogP contribution in [-0.4, -0.2) is 41.9 Å². The number of nitro groups is 1. The Balaban J connectivity index is 0.00000363. The molecule has 32 heavy (non-hydrogen) atoms. The van der Waals surface area contributed by atoms with Gasteiger partial charge in [0.05, 0.1) is 4.92 Å². The lowest BCUT2D eigenvalue weighted by Gasteiger charge is -2.36. The van der Waals surface area contributed by atoms with Gasteiger partial charge in [-0.25, -0.2) is 0 Å². The van der Waals surface area contributed by atoms with Crippen LogP contribution in [-0.2, 0) is 4.79 Å². The normalized spacial score (nSPS) is 13.8. The molecule has 0 bridgehead atoms. The van der Waals surface area contributed by atoms with Crippen molar-refractivity contribution in [2.75, 3.05) is 36.4 Å². The number of aryl methyl sites for hydroxylation is 1. The molecule has 1 aliphatic heterocycles. The van der Waals surface area contributed by atoms with Crippen molar-refractivity contribution in [3.8, 4) is 6.07 Å². The Morgan fingerprint density at radius 2 is 1.91 bits per heavy atom. The average Bonchev–Trinajstić information content (AvgIpc) is 2.75. The number of amides is 1. The van der Waals surface area contributed by atoms with Gasteiger partial charge in [-0.1, -0.05) is 23.7 Å². The Kier molecular flexibility index (Phi) is 8.47. The minimum absolute atomic E-state index is 0. The predicted octanol–water partition coefficient (Wildman–Crippen LogP) is 4.46. The number of anilines is 2. The van der Waals surface area contributed by atoms with Crippen LogP contribution in [0.1, 0.15) is 11.1 Å². The van der Waals surface area contributed by atoms with Gasteiger partial charge in [-0.2, -0.15) is 5.26 Å². The van der Waals surface area contributed by atoms with Crippen molar-refractivity contribution in [3.63, 3.8) is 0 Å². The number of hydrogen-bond donors (Lipinski definition) is 1. The van der Waals surface area contributed by atoms with E-state index < -0.39 is 10.8 Å². The quantitative estimate of drug-likeness (QED) is 0.296. The van der Waals surface area contributed by atoms with Gasteiger partial charge in [-0.05, 0) is 43.2 Å². The van der Waals surface area contributed by atoms with E-state index in [0.29, 0.717) is 13.1 Å². The second-order valence-corrected chi connectivity index (χ2v) is 7.68. The van der Waals surface area contributed by atoms with Crippen LogP contribution in [0.15, 0.2) is 48.2 Å². The highest BCUT2D eigenvalue weighted by Gasteiger charge is 2.20. The first-order valence-corrected chi connectivity index (χ1v) is 10.1. The average molecular weight is 476 g/mol. The Labute approximate surface area is 197 Å². The van der Waals surface area contributed by atoms with Crippen molar-refractivity contribution in [2.24, 2.45) is 0 Å². The molecule has 2 aromatic carbocycles. The fraction of sp³-hybridized carbons (Fsp3) is 0.273. The summed E-state index contributed by atoms with van der Waals surface area (Å²) in [5, 5.41) is 23.0. The van der Waals surface area contributed by atoms with Crippen LogP contribution in [0.25, 0.3) is 0 Å². The molecule has 1 saturated heterocycles. The predicted molar refractivity (Wildman–Crippen MR) is 127 cm³/mol. The van der Waals surface area contributed by atoms with E-state index in [0.717, 1.165) is 19.2 Å². The van der Waals surface area contributed by atoms with Crippen molar-refractivity contribution < 1.29 is 9.72 Å². The molecule has 0 aromatic heterocycles. The maximum atomic E-state index is 12.5. The Morgan fingerprint density at radius 3 is 2.53 bits per heavy atom. The van der Waals surface area contributed by atoms with Gasteiger partial charge in [0.15, 0.2) is 0 Å². The molecule has 168 valence electrons. The monoisotopic (exact) mass is 475 g/mol. The largest absolute Gasteiger partial charge is 0.373 e. The minimum Gasteiger partial charge on any atom is -0.373 e. The molecule has 1 aliphatic rings. The van der Waals surface area contributed by atoms with Gasteiger partial charge in [-0.15, -0.1) is 12.4 Å². The van der Waals surface area contributed by atoms with E-state index >= 15 is 0 Å². The number of nitro benzene ring substituents is 1. The van der Waals surface area contributed by atoms with E-state index in [1.807, 2.05) is 17.0 Å². The summed E-state index contributed by atoms with van der Waals surface area (Å²) in [5.74, 6) is -0.629. The first kappa shape index (κ1) is 25.0. The summed E-state index contributed by atoms with van der Waals surface area (Å²) in [7, 11) is 0. The number of nitrogens with zero attached hydrogens (tertiary/aromatic N) is 4. The highest BCUT2D eigenvalue weighted by molar-refractivity contribution is 6.32. The smallest absolute Gasteiger partial charge is 0.289 e. The minimum atomic E-state index is -0.630. The van der Waals surface area contributed by atoms with Crippen LogP contribution in [0.5, 0.6) is 0 Å². The van der Waals surface area contributed by atoms with Crippen LogP contribution in [0.3, 0.4) is 0 Å². The summed E-state index contributed by atoms with van der Waals surface area (Å²) in [6.07, 6.45) is 1.54. The van der Waals surface area contributed by atoms with Gasteiger partial charge in [0.2, 0.25) is 0 Å². The molecule has 1 amide bonds. The molecule has 0 saturated carbocycles. The first-order chi connectivity index (χ1) is 14.8. The second kappa shape index (κ2) is 10.8. The Bertz CT molecular complexity index is 1090. The van der Waals surface area contributed by atoms with E-state index in [9.17, 15) is 20.2 Å². The maximum absolute atomic E-state index is 12.5. The lowest BCUT2D eigenvalue weighted by molar-refractivity contribution is -0.384. The first-order valence-electron chi connectivity index (χ1n) is 9.72. The van der Waals surface area contributed by atoms with E-state index in [4.69, 9.17) is 11.6 Å². The zero-order valence-electron chi connectivity index (χ0n) is 17.7. The zero-order chi connectivity index (χ0) is 22.5. The fourth-order valence-corrected chi connectivity index (χ4v) is 3.61. The summed E-state index contributed by atoms with van der Waals surface area (Å²) in [6, 6.07) is 12.1. The summed E-state index contributed by atoms with van der Waals surface area (Å²) in [5.41, 5.74) is 3.50. The zero-order valence-corrected chi connectivity index (χ0v) is 19.2. The van der Waals surface area contributed by atoms with Gasteiger partial charge in [0.1, 0.15) is 16.7 Å². The standard InChI is InChI=1S/C22H22ClN5O3.ClH/c1-15-4-3-5-20(16(15)2)27-10-8-26(9-11-27)14-17(13-24)22(29)25-18-6-7-19(23)21(12-18)28(30)31;/h3-7,12,14H,8-11H2,1-2H3,(H,25,29);1H/b17-14-;. The van der Waals surface area contributed by atoms with Crippen LogP contribution < -0.4 is 10.2 Å². The summed E-state index contributed by atoms with van der Waals surface area (Å²) >= 11 is 5.79. The maximum Gasteiger partial charge on any atom is 0.289 e. The van der Waals surface area contributed by atoms with Gasteiger partial charge in [0, 0.05) is 49.8 Å². The molecule has 1 heterocycles. The number of halogens is 2. The molecule has 3 rings (SSSR count). The fourth-order valence-electron chi connectivity index (χ4n) is 3.42. The third-order valence-corrected chi connectivity index (χ3v) is 5.63. The van der Waals surface area contributed by atoms with Crippen LogP contribution in [0.4, 0.5) is 17.1 Å². The van der Waals surface area contributed by atoms with Crippen molar-refractivity contribution in [3.05, 3.63) is 74.4 Å². The molecule has 1 N–H and O–H groups in total. The highest BCUT2D eigenvalue weighted by atomic mass is 35.5. The van der Waals surface area contributed by atoms with Crippen molar-refractivity contribution in [2.45, 2.75) is 13.8 Å². The van der Waals surface area contributed by atoms with Gasteiger partial charge in [-0.3, -0.25) is 14.9 Å². The summed E-state index contributed by atoms with van der Waals surface area (Å²) in [6.45, 7) is 7.06. The second-order valence-electron chi connectivity index (χ2n) is 7.27. The van der Waals surface area contributed by atoms with E-state index in [-0.39, 0.29) is 34.4 Å². The Hall–Kier alpha value is -3.28. The number of nitriles is 1. The van der Waals surface area contributed by atoms with Gasteiger partial charge < -0.3 is 15.1 Å². The third kappa shape index (κ3) is 5.69. The summed E-state index contributed by atoms with van der Waals surface area (Å²) in [4.78, 5) is 27.1. The molecular formula is C22H23Cl2N5O3. The molecule has 0 aliphatic carbocycles. The molecule has 1 fully saturated rings. The van der Waals surface area contributed by atoms with Gasteiger partial charge >= 0.3 is 0 Å². The van der Waals surface area contributed by atoms with Crippen LogP contribution in [0.2, 0.25) is 5.02 Å². The van der Waals surface area contributed by atoms with E-state index in [1.54, 1.807) is 6.20 Å². The topological polar surface area (TPSA) is 103 Å². The van der Waals surface area contributed by atoms with E-state index in [2.05, 4.69) is 36.2 Å². The molecular weight excluding hydrogens is 453 g/mol. The van der Waals surface area contributed by atoms with Gasteiger partial charge in [0.25, 0.3) is 11.6 Å². The van der Waals surface area contributed by atoms with Crippen molar-refractivity contribution in [1.29, 1.82) is 5.26 Å². The number of nitrogens with one attached hydrogen (secondary N) is 1. The molecule has 2 aromatic rings.